The highest BCUT2D eigenvalue weighted by atomic mass is 16.2. The van der Waals surface area contributed by atoms with Crippen molar-refractivity contribution >= 4 is 11.8 Å². The van der Waals surface area contributed by atoms with Gasteiger partial charge in [-0.05, 0) is 36.2 Å². The van der Waals surface area contributed by atoms with Crippen LogP contribution in [0.15, 0.2) is 49.1 Å². The molecular weight excluding hydrogens is 354 g/mol. The van der Waals surface area contributed by atoms with E-state index >= 15 is 0 Å². The van der Waals surface area contributed by atoms with Crippen LogP contribution < -0.4 is 5.32 Å². The SMILES string of the molecule is CN(Cc1cccnc1)C(=O)CC1(C(=O)N(C)Cc2cccnc2)CCNC1. The quantitative estimate of drug-likeness (QED) is 0.786. The van der Waals surface area contributed by atoms with Crippen LogP contribution in [0.3, 0.4) is 0 Å². The zero-order valence-corrected chi connectivity index (χ0v) is 16.5. The summed E-state index contributed by atoms with van der Waals surface area (Å²) in [6.45, 7) is 2.23. The smallest absolute Gasteiger partial charge is 0.230 e. The molecule has 28 heavy (non-hydrogen) atoms. The molecule has 1 saturated heterocycles. The lowest BCUT2D eigenvalue weighted by Crippen LogP contribution is -2.46. The molecule has 0 aromatic carbocycles. The third-order valence-electron chi connectivity index (χ3n) is 5.24. The zero-order chi connectivity index (χ0) is 20.0. The van der Waals surface area contributed by atoms with Crippen molar-refractivity contribution in [3.8, 4) is 0 Å². The van der Waals surface area contributed by atoms with Gasteiger partial charge in [0.15, 0.2) is 0 Å². The van der Waals surface area contributed by atoms with Crippen LogP contribution >= 0.6 is 0 Å². The number of rotatable bonds is 7. The minimum absolute atomic E-state index is 0.00415. The number of hydrogen-bond acceptors (Lipinski definition) is 5. The van der Waals surface area contributed by atoms with Crippen LogP contribution in [-0.4, -0.2) is 58.8 Å². The first-order valence-corrected chi connectivity index (χ1v) is 9.48. The maximum absolute atomic E-state index is 13.3. The monoisotopic (exact) mass is 381 g/mol. The van der Waals surface area contributed by atoms with Gasteiger partial charge in [-0.2, -0.15) is 0 Å². The van der Waals surface area contributed by atoms with Crippen LogP contribution in [0.5, 0.6) is 0 Å². The van der Waals surface area contributed by atoms with Gasteiger partial charge in [-0.15, -0.1) is 0 Å². The molecule has 0 spiro atoms. The molecule has 1 N–H and O–H groups in total. The molecule has 0 radical (unpaired) electrons. The van der Waals surface area contributed by atoms with E-state index in [9.17, 15) is 9.59 Å². The first kappa shape index (κ1) is 19.9. The van der Waals surface area contributed by atoms with E-state index in [1.807, 2.05) is 24.3 Å². The third-order valence-corrected chi connectivity index (χ3v) is 5.24. The average molecular weight is 381 g/mol. The highest BCUT2D eigenvalue weighted by molar-refractivity contribution is 5.89. The molecule has 2 amide bonds. The van der Waals surface area contributed by atoms with Crippen molar-refractivity contribution in [2.75, 3.05) is 27.2 Å². The van der Waals surface area contributed by atoms with Gasteiger partial charge in [0, 0.05) is 64.9 Å². The number of carbonyl (C=O) groups excluding carboxylic acids is 2. The van der Waals surface area contributed by atoms with Gasteiger partial charge in [-0.25, -0.2) is 0 Å². The Balaban J connectivity index is 1.67. The molecule has 7 heteroatoms. The molecule has 3 heterocycles. The van der Waals surface area contributed by atoms with Crippen LogP contribution in [0.4, 0.5) is 0 Å². The summed E-state index contributed by atoms with van der Waals surface area (Å²) in [5.41, 5.74) is 1.24. The second kappa shape index (κ2) is 8.93. The largest absolute Gasteiger partial charge is 0.341 e. The fourth-order valence-electron chi connectivity index (χ4n) is 3.67. The second-order valence-corrected chi connectivity index (χ2v) is 7.52. The first-order chi connectivity index (χ1) is 13.5. The summed E-state index contributed by atoms with van der Waals surface area (Å²) in [4.78, 5) is 37.7. The fourth-order valence-corrected chi connectivity index (χ4v) is 3.67. The molecule has 1 aliphatic heterocycles. The van der Waals surface area contributed by atoms with Crippen molar-refractivity contribution in [2.24, 2.45) is 5.41 Å². The molecule has 3 rings (SSSR count). The van der Waals surface area contributed by atoms with Gasteiger partial charge in [0.1, 0.15) is 0 Å². The van der Waals surface area contributed by atoms with Gasteiger partial charge in [-0.1, -0.05) is 12.1 Å². The Morgan fingerprint density at radius 3 is 2.14 bits per heavy atom. The second-order valence-electron chi connectivity index (χ2n) is 7.52. The Morgan fingerprint density at radius 2 is 1.64 bits per heavy atom. The van der Waals surface area contributed by atoms with Crippen molar-refractivity contribution in [3.63, 3.8) is 0 Å². The van der Waals surface area contributed by atoms with E-state index in [0.717, 1.165) is 17.7 Å². The van der Waals surface area contributed by atoms with Gasteiger partial charge >= 0.3 is 0 Å². The van der Waals surface area contributed by atoms with Gasteiger partial charge in [0.2, 0.25) is 11.8 Å². The van der Waals surface area contributed by atoms with Crippen molar-refractivity contribution in [1.29, 1.82) is 0 Å². The Labute approximate surface area is 165 Å². The van der Waals surface area contributed by atoms with Gasteiger partial charge < -0.3 is 15.1 Å². The molecule has 148 valence electrons. The minimum atomic E-state index is -0.697. The molecule has 1 unspecified atom stereocenters. The van der Waals surface area contributed by atoms with Crippen LogP contribution in [0.25, 0.3) is 0 Å². The lowest BCUT2D eigenvalue weighted by molar-refractivity contribution is -0.146. The summed E-state index contributed by atoms with van der Waals surface area (Å²) in [5.74, 6) is -0.0276. The van der Waals surface area contributed by atoms with Crippen molar-refractivity contribution in [1.82, 2.24) is 25.1 Å². The number of nitrogens with one attached hydrogen (secondary N) is 1. The minimum Gasteiger partial charge on any atom is -0.341 e. The highest BCUT2D eigenvalue weighted by Gasteiger charge is 2.45. The van der Waals surface area contributed by atoms with Crippen molar-refractivity contribution < 1.29 is 9.59 Å². The third kappa shape index (κ3) is 4.72. The predicted molar refractivity (Wildman–Crippen MR) is 106 cm³/mol. The normalized spacial score (nSPS) is 18.6. The molecule has 2 aromatic heterocycles. The molecule has 1 atom stereocenters. The van der Waals surface area contributed by atoms with Crippen LogP contribution in [-0.2, 0) is 22.7 Å². The van der Waals surface area contributed by atoms with E-state index in [2.05, 4.69) is 15.3 Å². The van der Waals surface area contributed by atoms with Crippen LogP contribution in [0.1, 0.15) is 24.0 Å². The fraction of sp³-hybridized carbons (Fsp3) is 0.429. The molecule has 1 fully saturated rings. The molecule has 0 saturated carbocycles. The lowest BCUT2D eigenvalue weighted by atomic mass is 9.81. The van der Waals surface area contributed by atoms with Crippen LogP contribution in [0, 0.1) is 5.41 Å². The Morgan fingerprint density at radius 1 is 1.04 bits per heavy atom. The summed E-state index contributed by atoms with van der Waals surface area (Å²) in [6, 6.07) is 7.60. The lowest BCUT2D eigenvalue weighted by Gasteiger charge is -2.32. The molecule has 2 aromatic rings. The summed E-state index contributed by atoms with van der Waals surface area (Å²) in [7, 11) is 3.56. The van der Waals surface area contributed by atoms with E-state index in [1.165, 1.54) is 0 Å². The van der Waals surface area contributed by atoms with E-state index in [4.69, 9.17) is 0 Å². The van der Waals surface area contributed by atoms with Gasteiger partial charge in [-0.3, -0.25) is 19.6 Å². The number of carbonyl (C=O) groups is 2. The van der Waals surface area contributed by atoms with E-state index in [-0.39, 0.29) is 18.2 Å². The first-order valence-electron chi connectivity index (χ1n) is 9.48. The molecule has 1 aliphatic rings. The summed E-state index contributed by atoms with van der Waals surface area (Å²) < 4.78 is 0. The number of hydrogen-bond donors (Lipinski definition) is 1. The van der Waals surface area contributed by atoms with Gasteiger partial charge in [0.25, 0.3) is 0 Å². The van der Waals surface area contributed by atoms with E-state index in [0.29, 0.717) is 26.1 Å². The van der Waals surface area contributed by atoms with E-state index < -0.39 is 5.41 Å². The molecular formula is C21H27N5O2. The maximum atomic E-state index is 13.3. The zero-order valence-electron chi connectivity index (χ0n) is 16.5. The topological polar surface area (TPSA) is 78.4 Å². The maximum Gasteiger partial charge on any atom is 0.230 e. The highest BCUT2D eigenvalue weighted by Crippen LogP contribution is 2.33. The molecule has 0 bridgehead atoms. The van der Waals surface area contributed by atoms with Gasteiger partial charge in [0.05, 0.1) is 5.41 Å². The Bertz CT molecular complexity index is 791. The Hall–Kier alpha value is -2.80. The van der Waals surface area contributed by atoms with Crippen molar-refractivity contribution in [3.05, 3.63) is 60.2 Å². The predicted octanol–water partition coefficient (Wildman–Crippen LogP) is 1.46. The molecule has 0 aliphatic carbocycles. The summed E-state index contributed by atoms with van der Waals surface area (Å²) >= 11 is 0. The number of amides is 2. The average Bonchev–Trinajstić information content (AvgIpc) is 3.18. The standard InChI is InChI=1S/C21H27N5O2/c1-25(14-17-5-3-8-22-12-17)19(27)11-21(7-10-24-16-21)20(28)26(2)15-18-6-4-9-23-13-18/h3-6,8-9,12-13,24H,7,10-11,14-16H2,1-2H3. The Kier molecular flexibility index (Phi) is 6.36. The molecule has 7 nitrogen and oxygen atoms in total. The van der Waals surface area contributed by atoms with Crippen LogP contribution in [0.2, 0.25) is 0 Å². The summed E-state index contributed by atoms with van der Waals surface area (Å²) in [6.07, 6.45) is 7.80. The van der Waals surface area contributed by atoms with Crippen molar-refractivity contribution in [2.45, 2.75) is 25.9 Å². The number of nitrogens with zero attached hydrogens (tertiary/aromatic N) is 4. The number of aromatic nitrogens is 2. The van der Waals surface area contributed by atoms with E-state index in [1.54, 1.807) is 48.7 Å². The summed E-state index contributed by atoms with van der Waals surface area (Å²) in [5, 5.41) is 3.27. The number of pyridine rings is 2.